The Labute approximate surface area is 243 Å². The van der Waals surface area contributed by atoms with Gasteiger partial charge in [0.25, 0.3) is 5.91 Å². The number of aryl methyl sites for hydroxylation is 2. The van der Waals surface area contributed by atoms with E-state index in [1.54, 1.807) is 17.1 Å². The summed E-state index contributed by atoms with van der Waals surface area (Å²) in [6, 6.07) is 23.1. The van der Waals surface area contributed by atoms with E-state index < -0.39 is 0 Å². The van der Waals surface area contributed by atoms with Crippen LogP contribution in [0.2, 0.25) is 0 Å². The lowest BCUT2D eigenvalue weighted by molar-refractivity contribution is 0.0945. The fraction of sp³-hybridized carbons (Fsp3) is 0.273. The van der Waals surface area contributed by atoms with E-state index in [2.05, 4.69) is 84.3 Å². The Bertz CT molecular complexity index is 1850. The number of hydrogen-bond acceptors (Lipinski definition) is 6. The van der Waals surface area contributed by atoms with Gasteiger partial charge in [-0.3, -0.25) is 14.5 Å². The lowest BCUT2D eigenvalue weighted by Crippen LogP contribution is -2.23. The lowest BCUT2D eigenvalue weighted by Gasteiger charge is -2.07. The molecule has 1 amide bonds. The van der Waals surface area contributed by atoms with E-state index >= 15 is 0 Å². The minimum absolute atomic E-state index is 0.257. The molecule has 7 rings (SSSR count). The van der Waals surface area contributed by atoms with Gasteiger partial charge in [0.1, 0.15) is 0 Å². The second-order valence-electron chi connectivity index (χ2n) is 11.1. The van der Waals surface area contributed by atoms with Gasteiger partial charge in [0, 0.05) is 23.8 Å². The zero-order valence-electron chi connectivity index (χ0n) is 23.3. The first-order valence-electron chi connectivity index (χ1n) is 14.6. The number of H-pyrrole nitrogens is 1. The van der Waals surface area contributed by atoms with Gasteiger partial charge >= 0.3 is 0 Å². The highest BCUT2D eigenvalue weighted by molar-refractivity contribution is 5.91. The SMILES string of the molecule is O=C(NCc1ccccn1)c1cn(CCCCc2cc3c(Cc4ccc5ccccc5c4)c(C4CC4)[nH]c3nn2)nn1. The highest BCUT2D eigenvalue weighted by Gasteiger charge is 2.29. The Balaban J connectivity index is 0.984. The molecule has 9 nitrogen and oxygen atoms in total. The van der Waals surface area contributed by atoms with Gasteiger partial charge < -0.3 is 10.3 Å². The van der Waals surface area contributed by atoms with Crippen molar-refractivity contribution in [3.63, 3.8) is 0 Å². The quantitative estimate of drug-likeness (QED) is 0.203. The van der Waals surface area contributed by atoms with Crippen LogP contribution in [0.25, 0.3) is 21.8 Å². The number of nitrogens with zero attached hydrogens (tertiary/aromatic N) is 6. The molecule has 1 aliphatic rings. The number of nitrogens with one attached hydrogen (secondary N) is 2. The first-order chi connectivity index (χ1) is 20.7. The Morgan fingerprint density at radius 3 is 2.67 bits per heavy atom. The average molecular weight is 557 g/mol. The van der Waals surface area contributed by atoms with Crippen LogP contribution in [0.1, 0.15) is 70.3 Å². The van der Waals surface area contributed by atoms with Crippen LogP contribution >= 0.6 is 0 Å². The number of pyridine rings is 1. The van der Waals surface area contributed by atoms with E-state index in [0.29, 0.717) is 24.7 Å². The van der Waals surface area contributed by atoms with Crippen molar-refractivity contribution in [3.05, 3.63) is 113 Å². The van der Waals surface area contributed by atoms with Crippen molar-refractivity contribution in [2.45, 2.75) is 57.5 Å². The molecule has 0 spiro atoms. The van der Waals surface area contributed by atoms with Crippen LogP contribution in [-0.4, -0.2) is 41.1 Å². The fourth-order valence-corrected chi connectivity index (χ4v) is 5.54. The minimum atomic E-state index is -0.257. The second-order valence-corrected chi connectivity index (χ2v) is 11.1. The molecule has 9 heteroatoms. The van der Waals surface area contributed by atoms with Gasteiger partial charge in [-0.2, -0.15) is 5.10 Å². The number of aromatic amines is 1. The molecule has 0 saturated heterocycles. The maximum atomic E-state index is 12.4. The molecule has 42 heavy (non-hydrogen) atoms. The molecule has 210 valence electrons. The predicted molar refractivity (Wildman–Crippen MR) is 161 cm³/mol. The van der Waals surface area contributed by atoms with Crippen molar-refractivity contribution >= 4 is 27.7 Å². The number of benzene rings is 2. The molecular weight excluding hydrogens is 524 g/mol. The summed E-state index contributed by atoms with van der Waals surface area (Å²) in [7, 11) is 0. The van der Waals surface area contributed by atoms with Crippen LogP contribution in [0.5, 0.6) is 0 Å². The van der Waals surface area contributed by atoms with Gasteiger partial charge in [-0.05, 0) is 84.5 Å². The van der Waals surface area contributed by atoms with Crippen LogP contribution < -0.4 is 5.32 Å². The third-order valence-electron chi connectivity index (χ3n) is 7.93. The summed E-state index contributed by atoms with van der Waals surface area (Å²) < 4.78 is 1.72. The Morgan fingerprint density at radius 1 is 0.929 bits per heavy atom. The third-order valence-corrected chi connectivity index (χ3v) is 7.93. The second kappa shape index (κ2) is 11.5. The fourth-order valence-electron chi connectivity index (χ4n) is 5.54. The molecule has 1 saturated carbocycles. The monoisotopic (exact) mass is 556 g/mol. The van der Waals surface area contributed by atoms with Gasteiger partial charge in [-0.1, -0.05) is 53.7 Å². The molecular formula is C33H32N8O. The highest BCUT2D eigenvalue weighted by atomic mass is 16.2. The summed E-state index contributed by atoms with van der Waals surface area (Å²) in [4.78, 5) is 20.2. The summed E-state index contributed by atoms with van der Waals surface area (Å²) in [5, 5.41) is 23.8. The number of amides is 1. The molecule has 4 heterocycles. The summed E-state index contributed by atoms with van der Waals surface area (Å²) >= 11 is 0. The van der Waals surface area contributed by atoms with Crippen molar-refractivity contribution < 1.29 is 4.79 Å². The van der Waals surface area contributed by atoms with Crippen molar-refractivity contribution in [1.82, 2.24) is 40.5 Å². The number of unbranched alkanes of at least 4 members (excludes halogenated alkanes) is 1. The summed E-state index contributed by atoms with van der Waals surface area (Å²) in [6.07, 6.45) is 9.39. The van der Waals surface area contributed by atoms with Gasteiger partial charge in [0.2, 0.25) is 0 Å². The van der Waals surface area contributed by atoms with Gasteiger partial charge in [0.05, 0.1) is 24.1 Å². The van der Waals surface area contributed by atoms with Crippen molar-refractivity contribution in [2.75, 3.05) is 0 Å². The molecule has 1 fully saturated rings. The van der Waals surface area contributed by atoms with Crippen LogP contribution in [0.4, 0.5) is 0 Å². The van der Waals surface area contributed by atoms with E-state index in [4.69, 9.17) is 0 Å². The average Bonchev–Trinajstić information content (AvgIpc) is 3.66. The smallest absolute Gasteiger partial charge is 0.273 e. The van der Waals surface area contributed by atoms with Crippen LogP contribution in [0, 0.1) is 0 Å². The van der Waals surface area contributed by atoms with Crippen LogP contribution in [0.15, 0.2) is 79.1 Å². The molecule has 2 N–H and O–H groups in total. The molecule has 0 radical (unpaired) electrons. The summed E-state index contributed by atoms with van der Waals surface area (Å²) in [5.74, 6) is 0.342. The van der Waals surface area contributed by atoms with Crippen molar-refractivity contribution in [3.8, 4) is 0 Å². The largest absolute Gasteiger partial charge is 0.345 e. The number of carbonyl (C=O) groups is 1. The Hall–Kier alpha value is -4.92. The van der Waals surface area contributed by atoms with E-state index in [9.17, 15) is 4.79 Å². The Morgan fingerprint density at radius 2 is 1.81 bits per heavy atom. The molecule has 0 bridgehead atoms. The van der Waals surface area contributed by atoms with Gasteiger partial charge in [-0.25, -0.2) is 0 Å². The highest BCUT2D eigenvalue weighted by Crippen LogP contribution is 2.43. The van der Waals surface area contributed by atoms with Crippen LogP contribution in [-0.2, 0) is 25.9 Å². The molecule has 2 aromatic carbocycles. The topological polar surface area (TPSA) is 114 Å². The zero-order valence-corrected chi connectivity index (χ0v) is 23.3. The standard InChI is InChI=1S/C33H32N8O/c42-33(35-20-27-10-3-5-15-34-27)30-21-41(40-38-30)16-6-4-9-26-19-29-28(31(24-13-14-24)36-32(29)39-37-26)18-22-11-12-23-7-1-2-8-25(23)17-22/h1-3,5,7-8,10-12,15,17,19,21,24H,4,6,9,13-14,16,18,20H2,(H,35,42)(H,36,39). The number of hydrogen-bond donors (Lipinski definition) is 2. The zero-order chi connectivity index (χ0) is 28.3. The minimum Gasteiger partial charge on any atom is -0.345 e. The van der Waals surface area contributed by atoms with Crippen LogP contribution in [0.3, 0.4) is 0 Å². The normalized spacial score (nSPS) is 13.1. The number of aromatic nitrogens is 7. The van der Waals surface area contributed by atoms with E-state index in [1.165, 1.54) is 45.8 Å². The van der Waals surface area contributed by atoms with E-state index in [0.717, 1.165) is 42.7 Å². The van der Waals surface area contributed by atoms with Crippen molar-refractivity contribution in [1.29, 1.82) is 0 Å². The summed E-state index contributed by atoms with van der Waals surface area (Å²) in [6.45, 7) is 1.03. The van der Waals surface area contributed by atoms with E-state index in [-0.39, 0.29) is 5.91 Å². The molecule has 1 aliphatic carbocycles. The maximum Gasteiger partial charge on any atom is 0.273 e. The first-order valence-corrected chi connectivity index (χ1v) is 14.6. The third kappa shape index (κ3) is 5.76. The maximum absolute atomic E-state index is 12.4. The number of carbonyl (C=O) groups excluding carboxylic acids is 1. The van der Waals surface area contributed by atoms with Crippen molar-refractivity contribution in [2.24, 2.45) is 0 Å². The van der Waals surface area contributed by atoms with Gasteiger partial charge in [-0.15, -0.1) is 10.2 Å². The molecule has 0 aliphatic heterocycles. The van der Waals surface area contributed by atoms with E-state index in [1.807, 2.05) is 18.2 Å². The lowest BCUT2D eigenvalue weighted by atomic mass is 9.98. The summed E-state index contributed by atoms with van der Waals surface area (Å²) in [5.41, 5.74) is 6.98. The number of fused-ring (bicyclic) bond motifs is 2. The molecule has 6 aromatic rings. The predicted octanol–water partition coefficient (Wildman–Crippen LogP) is 5.52. The molecule has 0 unspecified atom stereocenters. The molecule has 0 atom stereocenters. The van der Waals surface area contributed by atoms with Gasteiger partial charge in [0.15, 0.2) is 11.3 Å². The number of rotatable bonds is 11. The molecule has 4 aromatic heterocycles. The first kappa shape index (κ1) is 26.0. The Kier molecular flexibility index (Phi) is 7.13.